The predicted molar refractivity (Wildman–Crippen MR) is 147 cm³/mol. The molecule has 2 N–H and O–H groups in total. The minimum absolute atomic E-state index is 0.0856. The quantitative estimate of drug-likeness (QED) is 0.263. The van der Waals surface area contributed by atoms with Crippen LogP contribution in [0, 0.1) is 16.2 Å². The molecular weight excluding hydrogens is 478 g/mol. The van der Waals surface area contributed by atoms with E-state index in [1.807, 2.05) is 81.3 Å². The molecule has 0 rings (SSSR count). The molecule has 0 aliphatic heterocycles. The van der Waals surface area contributed by atoms with Crippen molar-refractivity contribution < 1.29 is 38.8 Å². The highest BCUT2D eigenvalue weighted by Gasteiger charge is 2.29. The van der Waals surface area contributed by atoms with Gasteiger partial charge >= 0.3 is 17.9 Å². The largest absolute Gasteiger partial charge is 0.464 e. The third-order valence-corrected chi connectivity index (χ3v) is 6.10. The van der Waals surface area contributed by atoms with Gasteiger partial charge in [0, 0.05) is 6.54 Å². The van der Waals surface area contributed by atoms with Gasteiger partial charge in [-0.15, -0.1) is 0 Å². The highest BCUT2D eigenvalue weighted by Crippen LogP contribution is 2.23. The summed E-state index contributed by atoms with van der Waals surface area (Å²) in [5, 5.41) is 17.5. The summed E-state index contributed by atoms with van der Waals surface area (Å²) in [6, 6.07) is 0. The van der Waals surface area contributed by atoms with Crippen LogP contribution >= 0.6 is 0 Å². The van der Waals surface area contributed by atoms with Crippen molar-refractivity contribution in [2.75, 3.05) is 40.5 Å². The maximum absolute atomic E-state index is 11.4. The number of esters is 3. The van der Waals surface area contributed by atoms with E-state index in [1.54, 1.807) is 13.8 Å². The van der Waals surface area contributed by atoms with Crippen molar-refractivity contribution in [3.63, 3.8) is 0 Å². The topological polar surface area (TPSA) is 123 Å². The average Bonchev–Trinajstić information content (AvgIpc) is 2.82. The average molecular weight is 536 g/mol. The second-order valence-electron chi connectivity index (χ2n) is 11.5. The number of hydrogen-bond acceptors (Lipinski definition) is 9. The molecule has 222 valence electrons. The molecule has 0 saturated carbocycles. The molecule has 0 aromatic carbocycles. The summed E-state index contributed by atoms with van der Waals surface area (Å²) < 4.78 is 15.0. The summed E-state index contributed by atoms with van der Waals surface area (Å²) >= 11 is 0. The number of nitrogens with zero attached hydrogens (tertiary/aromatic N) is 1. The molecule has 0 bridgehead atoms. The fourth-order valence-electron chi connectivity index (χ4n) is 1.72. The van der Waals surface area contributed by atoms with E-state index in [4.69, 9.17) is 24.4 Å². The normalized spacial score (nSPS) is 13.3. The fourth-order valence-corrected chi connectivity index (χ4v) is 1.72. The smallest absolute Gasteiger partial charge is 0.311 e. The lowest BCUT2D eigenvalue weighted by molar-refractivity contribution is -0.160. The molecule has 0 radical (unpaired) electrons. The minimum Gasteiger partial charge on any atom is -0.464 e. The molecule has 0 aliphatic rings. The third-order valence-electron chi connectivity index (χ3n) is 6.10. The van der Waals surface area contributed by atoms with Crippen LogP contribution in [0.4, 0.5) is 0 Å². The molecule has 2 unspecified atom stereocenters. The maximum Gasteiger partial charge on any atom is 0.311 e. The zero-order valence-corrected chi connectivity index (χ0v) is 25.9. The van der Waals surface area contributed by atoms with Crippen LogP contribution in [0.15, 0.2) is 0 Å². The van der Waals surface area contributed by atoms with Gasteiger partial charge in [0.05, 0.1) is 29.0 Å². The number of carbonyl (C=O) groups is 3. The Labute approximate surface area is 226 Å². The van der Waals surface area contributed by atoms with Gasteiger partial charge in [-0.3, -0.25) is 14.4 Å². The molecular formula is C28H57NO8. The van der Waals surface area contributed by atoms with Gasteiger partial charge in [0.15, 0.2) is 0 Å². The highest BCUT2D eigenvalue weighted by atomic mass is 16.6. The molecule has 0 aromatic heterocycles. The monoisotopic (exact) mass is 535 g/mol. The summed E-state index contributed by atoms with van der Waals surface area (Å²) in [4.78, 5) is 36.0. The van der Waals surface area contributed by atoms with Crippen molar-refractivity contribution >= 4 is 17.9 Å². The van der Waals surface area contributed by atoms with E-state index in [1.165, 1.54) is 0 Å². The number of ether oxygens (including phenoxy) is 3. The van der Waals surface area contributed by atoms with Gasteiger partial charge in [-0.05, 0) is 88.7 Å². The van der Waals surface area contributed by atoms with Gasteiger partial charge in [0.1, 0.15) is 19.3 Å². The van der Waals surface area contributed by atoms with Crippen LogP contribution in [-0.4, -0.2) is 85.7 Å². The van der Waals surface area contributed by atoms with E-state index < -0.39 is 23.0 Å². The van der Waals surface area contributed by atoms with Gasteiger partial charge in [-0.1, -0.05) is 20.8 Å². The van der Waals surface area contributed by atoms with Crippen LogP contribution in [0.5, 0.6) is 0 Å². The van der Waals surface area contributed by atoms with E-state index in [0.717, 1.165) is 25.8 Å². The Balaban J connectivity index is -0.000000469. The summed E-state index contributed by atoms with van der Waals surface area (Å²) in [6.45, 7) is 21.5. The van der Waals surface area contributed by atoms with Crippen LogP contribution in [0.25, 0.3) is 0 Å². The Morgan fingerprint density at radius 3 is 1.46 bits per heavy atom. The van der Waals surface area contributed by atoms with Crippen molar-refractivity contribution in [2.24, 2.45) is 16.2 Å². The number of likely N-dealkylation sites (N-methyl/N-ethyl adjacent to an activating group) is 1. The molecule has 0 saturated heterocycles. The number of rotatable bonds is 13. The van der Waals surface area contributed by atoms with Gasteiger partial charge in [0.2, 0.25) is 0 Å². The van der Waals surface area contributed by atoms with Crippen LogP contribution < -0.4 is 0 Å². The molecule has 0 aliphatic carbocycles. The Morgan fingerprint density at radius 1 is 0.757 bits per heavy atom. The molecule has 0 spiro atoms. The third kappa shape index (κ3) is 20.0. The fraction of sp³-hybridized carbons (Fsp3) is 0.893. The Kier molecular flexibility index (Phi) is 20.8. The Bertz CT molecular complexity index is 642. The van der Waals surface area contributed by atoms with Gasteiger partial charge < -0.3 is 29.3 Å². The van der Waals surface area contributed by atoms with Gasteiger partial charge in [-0.25, -0.2) is 0 Å². The van der Waals surface area contributed by atoms with Gasteiger partial charge in [-0.2, -0.15) is 0 Å². The number of hydrogen-bond donors (Lipinski definition) is 2. The Hall–Kier alpha value is -1.71. The first-order valence-corrected chi connectivity index (χ1v) is 13.2. The molecule has 0 aromatic rings. The Morgan fingerprint density at radius 2 is 1.14 bits per heavy atom. The molecule has 9 heteroatoms. The van der Waals surface area contributed by atoms with Crippen molar-refractivity contribution in [3.05, 3.63) is 0 Å². The second kappa shape index (κ2) is 19.4. The maximum atomic E-state index is 11.4. The van der Waals surface area contributed by atoms with E-state index >= 15 is 0 Å². The first-order valence-electron chi connectivity index (χ1n) is 13.2. The summed E-state index contributed by atoms with van der Waals surface area (Å²) in [6.07, 6.45) is 1.31. The van der Waals surface area contributed by atoms with Crippen LogP contribution in [-0.2, 0) is 28.6 Å². The lowest BCUT2D eigenvalue weighted by atomic mass is 9.91. The van der Waals surface area contributed by atoms with E-state index in [0.29, 0.717) is 6.61 Å². The predicted octanol–water partition coefficient (Wildman–Crippen LogP) is 4.22. The van der Waals surface area contributed by atoms with Crippen molar-refractivity contribution in [3.8, 4) is 0 Å². The van der Waals surface area contributed by atoms with Crippen LogP contribution in [0.3, 0.4) is 0 Å². The van der Waals surface area contributed by atoms with Crippen molar-refractivity contribution in [1.29, 1.82) is 0 Å². The van der Waals surface area contributed by atoms with E-state index in [9.17, 15) is 14.4 Å². The summed E-state index contributed by atoms with van der Waals surface area (Å²) in [5.41, 5.74) is -1.22. The number of carbonyl (C=O) groups excluding carboxylic acids is 3. The first kappa shape index (κ1) is 39.8. The molecule has 0 heterocycles. The van der Waals surface area contributed by atoms with Crippen molar-refractivity contribution in [1.82, 2.24) is 4.90 Å². The summed E-state index contributed by atoms with van der Waals surface area (Å²) in [7, 11) is 3.91. The molecule has 0 amide bonds. The van der Waals surface area contributed by atoms with E-state index in [-0.39, 0.29) is 36.5 Å². The zero-order valence-electron chi connectivity index (χ0n) is 25.9. The van der Waals surface area contributed by atoms with Crippen LogP contribution in [0.2, 0.25) is 0 Å². The molecule has 2 atom stereocenters. The zero-order chi connectivity index (χ0) is 30.0. The highest BCUT2D eigenvalue weighted by molar-refractivity contribution is 5.76. The molecule has 0 fully saturated rings. The molecule has 37 heavy (non-hydrogen) atoms. The van der Waals surface area contributed by atoms with Gasteiger partial charge in [0.25, 0.3) is 0 Å². The first-order chi connectivity index (χ1) is 16.7. The SMILES string of the molecule is CCC(C)(C)C(=O)OC(C)CO.CCC(C)(C)C(=O)OCC(C)O.CCC(C)(C)C(=O)OCCN(C)C. The minimum atomic E-state index is -0.582. The standard InChI is InChI=1S/C10H21NO2.2C9H18O3/c1-6-10(2,3)9(12)13-8-7-11(4)5;1-5-9(3,4)8(11)12-6-7(2)10;1-5-9(3,4)8(11)12-7(2)6-10/h6-8H2,1-5H3;2*7,10H,5-6H2,1-4H3. The van der Waals surface area contributed by atoms with Crippen LogP contribution in [0.1, 0.15) is 95.4 Å². The van der Waals surface area contributed by atoms with E-state index in [2.05, 4.69) is 0 Å². The lowest BCUT2D eigenvalue weighted by Gasteiger charge is -2.22. The summed E-state index contributed by atoms with van der Waals surface area (Å²) in [5.74, 6) is -0.589. The second-order valence-corrected chi connectivity index (χ2v) is 11.5. The number of aliphatic hydroxyl groups is 2. The lowest BCUT2D eigenvalue weighted by Crippen LogP contribution is -2.30. The molecule has 9 nitrogen and oxygen atoms in total. The van der Waals surface area contributed by atoms with Crippen molar-refractivity contribution in [2.45, 2.75) is 108 Å². The number of aliphatic hydroxyl groups excluding tert-OH is 2.